The highest BCUT2D eigenvalue weighted by Gasteiger charge is 2.22. The minimum absolute atomic E-state index is 0.0257. The first-order chi connectivity index (χ1) is 14.5. The summed E-state index contributed by atoms with van der Waals surface area (Å²) in [6.07, 6.45) is 4.53. The Morgan fingerprint density at radius 1 is 1.20 bits per heavy atom. The van der Waals surface area contributed by atoms with Gasteiger partial charge in [-0.3, -0.25) is 10.1 Å². The van der Waals surface area contributed by atoms with E-state index in [9.17, 15) is 20.0 Å². The van der Waals surface area contributed by atoms with Crippen molar-refractivity contribution < 1.29 is 19.2 Å². The van der Waals surface area contributed by atoms with Crippen LogP contribution in [-0.4, -0.2) is 34.1 Å². The van der Waals surface area contributed by atoms with Gasteiger partial charge in [0.25, 0.3) is 10.9 Å². The molecule has 1 fully saturated rings. The van der Waals surface area contributed by atoms with Crippen molar-refractivity contribution in [2.24, 2.45) is 0 Å². The molecule has 3 aromatic rings. The Hall–Kier alpha value is -3.33. The minimum Gasteiger partial charge on any atom is -0.477 e. The number of benzene rings is 2. The highest BCUT2D eigenvalue weighted by Crippen LogP contribution is 2.34. The van der Waals surface area contributed by atoms with E-state index in [1.54, 1.807) is 30.3 Å². The van der Waals surface area contributed by atoms with Gasteiger partial charge < -0.3 is 14.4 Å². The fraction of sp³-hybridized carbons (Fsp3) is 0.238. The lowest BCUT2D eigenvalue weighted by atomic mass is 10.1. The van der Waals surface area contributed by atoms with E-state index in [1.165, 1.54) is 12.1 Å². The van der Waals surface area contributed by atoms with Crippen LogP contribution in [0.2, 0.25) is 0 Å². The van der Waals surface area contributed by atoms with E-state index in [0.29, 0.717) is 22.4 Å². The zero-order valence-electron chi connectivity index (χ0n) is 16.0. The first-order valence-corrected chi connectivity index (χ1v) is 10.3. The second kappa shape index (κ2) is 8.58. The van der Waals surface area contributed by atoms with Gasteiger partial charge in [0.1, 0.15) is 16.1 Å². The van der Waals surface area contributed by atoms with Crippen molar-refractivity contribution in [3.8, 4) is 0 Å². The van der Waals surface area contributed by atoms with E-state index in [-0.39, 0.29) is 15.8 Å². The monoisotopic (exact) mass is 425 g/mol. The first kappa shape index (κ1) is 20.0. The van der Waals surface area contributed by atoms with Gasteiger partial charge in [-0.05, 0) is 60.9 Å². The maximum Gasteiger partial charge on any atom is 0.342 e. The summed E-state index contributed by atoms with van der Waals surface area (Å²) in [5.74, 6) is -1.16. The predicted octanol–water partition coefficient (Wildman–Crippen LogP) is 4.94. The molecule has 4 rings (SSSR count). The Bertz CT molecular complexity index is 1100. The average molecular weight is 425 g/mol. The maximum atomic E-state index is 11.8. The number of piperidine rings is 1. The number of hydrogen-bond donors (Lipinski definition) is 1. The number of hydrogen-bond acceptors (Lipinski definition) is 7. The number of nitro groups is 1. The summed E-state index contributed by atoms with van der Waals surface area (Å²) in [6, 6.07) is 12.0. The third-order valence-electron chi connectivity index (χ3n) is 4.87. The van der Waals surface area contributed by atoms with Crippen molar-refractivity contribution in [3.05, 3.63) is 63.0 Å². The molecule has 0 unspecified atom stereocenters. The summed E-state index contributed by atoms with van der Waals surface area (Å²) in [4.78, 5) is 29.2. The summed E-state index contributed by atoms with van der Waals surface area (Å²) in [6.45, 7) is 1.56. The van der Waals surface area contributed by atoms with Gasteiger partial charge in [-0.15, -0.1) is 0 Å². The number of anilines is 1. The van der Waals surface area contributed by atoms with Crippen molar-refractivity contribution in [2.75, 3.05) is 18.0 Å². The fourth-order valence-electron chi connectivity index (χ4n) is 3.45. The van der Waals surface area contributed by atoms with Crippen molar-refractivity contribution in [3.63, 3.8) is 0 Å². The quantitative estimate of drug-likeness (QED) is 0.256. The van der Waals surface area contributed by atoms with Crippen LogP contribution in [0.4, 0.5) is 11.4 Å². The molecule has 2 aromatic carbocycles. The molecule has 0 atom stereocenters. The standard InChI is InChI=1S/C21H19N3O5S/c25-20(26)19(30-21-22-15-6-2-3-7-18(15)29-21)13-14-8-9-16(17(12-14)24(27)28)23-10-4-1-5-11-23/h2-3,6-9,12-13H,1,4-5,10-11H2,(H,25,26)/b19-13+. The number of oxazole rings is 1. The third kappa shape index (κ3) is 4.30. The van der Waals surface area contributed by atoms with E-state index in [2.05, 4.69) is 4.98 Å². The molecule has 1 N–H and O–H groups in total. The van der Waals surface area contributed by atoms with E-state index < -0.39 is 10.9 Å². The van der Waals surface area contributed by atoms with Crippen molar-refractivity contribution in [1.29, 1.82) is 0 Å². The van der Waals surface area contributed by atoms with Gasteiger partial charge in [0.15, 0.2) is 5.58 Å². The highest BCUT2D eigenvalue weighted by molar-refractivity contribution is 8.03. The SMILES string of the molecule is O=C(O)/C(=C\c1ccc(N2CCCCC2)c([N+](=O)[O-])c1)Sc1nc2ccccc2o1. The molecule has 1 saturated heterocycles. The molecule has 1 aromatic heterocycles. The summed E-state index contributed by atoms with van der Waals surface area (Å²) in [5.41, 5.74) is 2.17. The number of thioether (sulfide) groups is 1. The van der Waals surface area contributed by atoms with Crippen LogP contribution in [0.3, 0.4) is 0 Å². The molecule has 1 aliphatic heterocycles. The number of para-hydroxylation sites is 2. The third-order valence-corrected chi connectivity index (χ3v) is 5.73. The molecule has 0 radical (unpaired) electrons. The number of aromatic nitrogens is 1. The number of fused-ring (bicyclic) bond motifs is 1. The van der Waals surface area contributed by atoms with Gasteiger partial charge in [0.05, 0.1) is 4.92 Å². The number of nitrogens with zero attached hydrogens (tertiary/aromatic N) is 3. The van der Waals surface area contributed by atoms with Crippen molar-refractivity contribution >= 4 is 46.3 Å². The Morgan fingerprint density at radius 2 is 1.97 bits per heavy atom. The molecule has 154 valence electrons. The van der Waals surface area contributed by atoms with Gasteiger partial charge in [-0.1, -0.05) is 18.2 Å². The molecule has 0 saturated carbocycles. The second-order valence-electron chi connectivity index (χ2n) is 6.92. The number of nitro benzene ring substituents is 1. The zero-order valence-corrected chi connectivity index (χ0v) is 16.8. The lowest BCUT2D eigenvalue weighted by Gasteiger charge is -2.28. The van der Waals surface area contributed by atoms with E-state index >= 15 is 0 Å². The normalized spacial score (nSPS) is 14.8. The van der Waals surface area contributed by atoms with Crippen molar-refractivity contribution in [2.45, 2.75) is 24.5 Å². The lowest BCUT2D eigenvalue weighted by molar-refractivity contribution is -0.384. The van der Waals surface area contributed by atoms with Crippen molar-refractivity contribution in [1.82, 2.24) is 4.98 Å². The topological polar surface area (TPSA) is 110 Å². The van der Waals surface area contributed by atoms with Crippen LogP contribution in [0.5, 0.6) is 0 Å². The minimum atomic E-state index is -1.16. The average Bonchev–Trinajstić information content (AvgIpc) is 3.16. The maximum absolute atomic E-state index is 11.8. The number of rotatable bonds is 6. The molecular formula is C21H19N3O5S. The smallest absolute Gasteiger partial charge is 0.342 e. The molecule has 1 aliphatic rings. The van der Waals surface area contributed by atoms with Gasteiger partial charge >= 0.3 is 5.97 Å². The fourth-order valence-corrected chi connectivity index (χ4v) is 4.20. The first-order valence-electron chi connectivity index (χ1n) is 9.53. The molecule has 0 spiro atoms. The molecule has 0 amide bonds. The van der Waals surface area contributed by atoms with Crippen LogP contribution in [0, 0.1) is 10.1 Å². The molecule has 0 aliphatic carbocycles. The van der Waals surface area contributed by atoms with Crippen LogP contribution in [0.1, 0.15) is 24.8 Å². The summed E-state index contributed by atoms with van der Waals surface area (Å²) < 4.78 is 5.58. The number of carboxylic acid groups (broad SMARTS) is 1. The van der Waals surface area contributed by atoms with Crippen LogP contribution < -0.4 is 4.90 Å². The Morgan fingerprint density at radius 3 is 2.67 bits per heavy atom. The Kier molecular flexibility index (Phi) is 5.71. The molecular weight excluding hydrogens is 406 g/mol. The van der Waals surface area contributed by atoms with Gasteiger partial charge in [-0.2, -0.15) is 0 Å². The molecule has 30 heavy (non-hydrogen) atoms. The molecule has 0 bridgehead atoms. The summed E-state index contributed by atoms with van der Waals surface area (Å²) >= 11 is 0.867. The van der Waals surface area contributed by atoms with Gasteiger partial charge in [0.2, 0.25) is 0 Å². The Labute approximate surface area is 176 Å². The predicted molar refractivity (Wildman–Crippen MR) is 115 cm³/mol. The second-order valence-corrected chi connectivity index (χ2v) is 7.91. The number of carboxylic acids is 1. The number of carbonyl (C=O) groups is 1. The summed E-state index contributed by atoms with van der Waals surface area (Å²) in [7, 11) is 0. The Balaban J connectivity index is 1.65. The largest absolute Gasteiger partial charge is 0.477 e. The molecule has 9 heteroatoms. The highest BCUT2D eigenvalue weighted by atomic mass is 32.2. The van der Waals surface area contributed by atoms with Gasteiger partial charge in [0, 0.05) is 19.2 Å². The van der Waals surface area contributed by atoms with Crippen LogP contribution in [0.15, 0.2) is 57.0 Å². The van der Waals surface area contributed by atoms with Crippen LogP contribution in [0.25, 0.3) is 17.2 Å². The lowest BCUT2D eigenvalue weighted by Crippen LogP contribution is -2.29. The zero-order chi connectivity index (χ0) is 21.1. The number of aliphatic carboxylic acids is 1. The summed E-state index contributed by atoms with van der Waals surface area (Å²) in [5, 5.41) is 21.4. The van der Waals surface area contributed by atoms with Crippen LogP contribution >= 0.6 is 11.8 Å². The van der Waals surface area contributed by atoms with Crippen LogP contribution in [-0.2, 0) is 4.79 Å². The molecule has 8 nitrogen and oxygen atoms in total. The van der Waals surface area contributed by atoms with E-state index in [4.69, 9.17) is 4.42 Å². The van der Waals surface area contributed by atoms with Gasteiger partial charge in [-0.25, -0.2) is 9.78 Å². The van der Waals surface area contributed by atoms with E-state index in [1.807, 2.05) is 11.0 Å². The van der Waals surface area contributed by atoms with E-state index in [0.717, 1.165) is 44.1 Å². The molecule has 2 heterocycles.